The van der Waals surface area contributed by atoms with Crippen LogP contribution >= 0.6 is 11.3 Å². The van der Waals surface area contributed by atoms with E-state index in [1.807, 2.05) is 6.92 Å². The quantitative estimate of drug-likeness (QED) is 0.892. The van der Waals surface area contributed by atoms with Gasteiger partial charge in [0.25, 0.3) is 0 Å². The Morgan fingerprint density at radius 2 is 2.19 bits per heavy atom. The molecule has 6 heteroatoms. The molecule has 4 rings (SSSR count). The summed E-state index contributed by atoms with van der Waals surface area (Å²) >= 11 is 1.79. The lowest BCUT2D eigenvalue weighted by Gasteiger charge is -2.23. The minimum absolute atomic E-state index is 0.0811. The number of aryl methyl sites for hydroxylation is 3. The fourth-order valence-electron chi connectivity index (χ4n) is 3.28. The first-order valence-corrected chi connectivity index (χ1v) is 8.37. The normalized spacial score (nSPS) is 21.4. The fourth-order valence-corrected chi connectivity index (χ4v) is 4.59. The molecule has 1 unspecified atom stereocenters. The zero-order valence-electron chi connectivity index (χ0n) is 12.0. The third-order valence-electron chi connectivity index (χ3n) is 4.27. The number of carbonyl (C=O) groups is 1. The van der Waals surface area contributed by atoms with Crippen LogP contribution in [0, 0.1) is 6.92 Å². The van der Waals surface area contributed by atoms with Crippen molar-refractivity contribution in [2.45, 2.75) is 45.1 Å². The highest BCUT2D eigenvalue weighted by atomic mass is 32.1. The van der Waals surface area contributed by atoms with Gasteiger partial charge < -0.3 is 10.6 Å². The van der Waals surface area contributed by atoms with Gasteiger partial charge in [-0.3, -0.25) is 4.79 Å². The van der Waals surface area contributed by atoms with Gasteiger partial charge in [0.1, 0.15) is 22.5 Å². The van der Waals surface area contributed by atoms with E-state index < -0.39 is 0 Å². The minimum atomic E-state index is -0.173. The van der Waals surface area contributed by atoms with Gasteiger partial charge in [0.05, 0.1) is 5.39 Å². The van der Waals surface area contributed by atoms with E-state index in [9.17, 15) is 4.79 Å². The fraction of sp³-hybridized carbons (Fsp3) is 0.533. The van der Waals surface area contributed by atoms with Crippen molar-refractivity contribution in [3.63, 3.8) is 0 Å². The number of nitrogens with zero attached hydrogens (tertiary/aromatic N) is 2. The van der Waals surface area contributed by atoms with Gasteiger partial charge in [0.2, 0.25) is 5.91 Å². The van der Waals surface area contributed by atoms with Crippen LogP contribution in [-0.4, -0.2) is 28.5 Å². The first kappa shape index (κ1) is 13.0. The van der Waals surface area contributed by atoms with Crippen molar-refractivity contribution < 1.29 is 4.79 Å². The molecular weight excluding hydrogens is 284 g/mol. The lowest BCUT2D eigenvalue weighted by atomic mass is 10.1. The van der Waals surface area contributed by atoms with E-state index in [1.165, 1.54) is 16.9 Å². The van der Waals surface area contributed by atoms with Crippen LogP contribution in [0.4, 0.5) is 5.82 Å². The van der Waals surface area contributed by atoms with Gasteiger partial charge >= 0.3 is 0 Å². The molecule has 0 bridgehead atoms. The van der Waals surface area contributed by atoms with E-state index in [-0.39, 0.29) is 11.9 Å². The summed E-state index contributed by atoms with van der Waals surface area (Å²) in [6.45, 7) is 2.69. The summed E-state index contributed by atoms with van der Waals surface area (Å²) in [5.74, 6) is 1.69. The Morgan fingerprint density at radius 3 is 3.05 bits per heavy atom. The second-order valence-electron chi connectivity index (χ2n) is 5.79. The highest BCUT2D eigenvalue weighted by Crippen LogP contribution is 2.39. The number of nitrogens with one attached hydrogen (secondary N) is 2. The predicted octanol–water partition coefficient (Wildman–Crippen LogP) is 2.18. The van der Waals surface area contributed by atoms with Crippen molar-refractivity contribution in [1.82, 2.24) is 15.3 Å². The summed E-state index contributed by atoms with van der Waals surface area (Å²) < 4.78 is 0. The maximum Gasteiger partial charge on any atom is 0.242 e. The number of fused-ring (bicyclic) bond motifs is 3. The maximum absolute atomic E-state index is 12.0. The lowest BCUT2D eigenvalue weighted by Crippen LogP contribution is -2.44. The number of thiophene rings is 1. The molecule has 2 aromatic heterocycles. The van der Waals surface area contributed by atoms with Crippen molar-refractivity contribution in [3.8, 4) is 0 Å². The SMILES string of the molecule is Cc1nc(NC2CCCNC2=O)c2c3c(sc2n1)CCC3. The summed E-state index contributed by atoms with van der Waals surface area (Å²) in [6.07, 6.45) is 5.35. The second kappa shape index (κ2) is 4.94. The largest absolute Gasteiger partial charge is 0.358 e. The van der Waals surface area contributed by atoms with Gasteiger partial charge in [-0.15, -0.1) is 11.3 Å². The van der Waals surface area contributed by atoms with E-state index >= 15 is 0 Å². The third kappa shape index (κ3) is 2.18. The highest BCUT2D eigenvalue weighted by Gasteiger charge is 2.26. The highest BCUT2D eigenvalue weighted by molar-refractivity contribution is 7.19. The van der Waals surface area contributed by atoms with Crippen molar-refractivity contribution in [2.75, 3.05) is 11.9 Å². The van der Waals surface area contributed by atoms with Gasteiger partial charge in [-0.1, -0.05) is 0 Å². The molecule has 1 amide bonds. The van der Waals surface area contributed by atoms with Crippen LogP contribution in [0.2, 0.25) is 0 Å². The molecule has 3 heterocycles. The molecule has 0 saturated carbocycles. The Bertz CT molecular complexity index is 724. The van der Waals surface area contributed by atoms with Crippen LogP contribution in [0.5, 0.6) is 0 Å². The lowest BCUT2D eigenvalue weighted by molar-refractivity contribution is -0.123. The van der Waals surface area contributed by atoms with Gasteiger partial charge in [0.15, 0.2) is 0 Å². The smallest absolute Gasteiger partial charge is 0.242 e. The molecule has 2 aromatic rings. The molecule has 21 heavy (non-hydrogen) atoms. The summed E-state index contributed by atoms with van der Waals surface area (Å²) in [6, 6.07) is -0.173. The van der Waals surface area contributed by atoms with E-state index in [1.54, 1.807) is 11.3 Å². The number of carbonyl (C=O) groups excluding carboxylic acids is 1. The number of amides is 1. The number of anilines is 1. The summed E-state index contributed by atoms with van der Waals surface area (Å²) in [5.41, 5.74) is 1.40. The molecule has 1 atom stereocenters. The van der Waals surface area contributed by atoms with Gasteiger partial charge in [0, 0.05) is 11.4 Å². The number of piperidine rings is 1. The summed E-state index contributed by atoms with van der Waals surface area (Å²) in [4.78, 5) is 23.6. The Kier molecular flexibility index (Phi) is 3.06. The molecule has 110 valence electrons. The number of rotatable bonds is 2. The van der Waals surface area contributed by atoms with E-state index in [0.29, 0.717) is 0 Å². The zero-order valence-corrected chi connectivity index (χ0v) is 12.8. The molecule has 0 radical (unpaired) electrons. The van der Waals surface area contributed by atoms with Crippen LogP contribution < -0.4 is 10.6 Å². The average Bonchev–Trinajstić information content (AvgIpc) is 3.01. The maximum atomic E-state index is 12.0. The standard InChI is InChI=1S/C15H18N4OS/c1-8-17-13(19-10-5-3-7-16-14(10)20)12-9-4-2-6-11(9)21-15(12)18-8/h10H,2-7H2,1H3,(H,16,20)(H,17,18,19). The molecule has 1 aliphatic heterocycles. The Balaban J connectivity index is 1.78. The van der Waals surface area contributed by atoms with Crippen LogP contribution in [-0.2, 0) is 17.6 Å². The van der Waals surface area contributed by atoms with Gasteiger partial charge in [-0.25, -0.2) is 9.97 Å². The van der Waals surface area contributed by atoms with Gasteiger partial charge in [-0.2, -0.15) is 0 Å². The van der Waals surface area contributed by atoms with E-state index in [2.05, 4.69) is 20.6 Å². The molecular formula is C15H18N4OS. The zero-order chi connectivity index (χ0) is 14.4. The van der Waals surface area contributed by atoms with Crippen LogP contribution in [0.1, 0.15) is 35.5 Å². The van der Waals surface area contributed by atoms with Crippen molar-refractivity contribution in [3.05, 3.63) is 16.3 Å². The average molecular weight is 302 g/mol. The van der Waals surface area contributed by atoms with E-state index in [0.717, 1.165) is 54.1 Å². The Morgan fingerprint density at radius 1 is 1.29 bits per heavy atom. The van der Waals surface area contributed by atoms with Crippen LogP contribution in [0.25, 0.3) is 10.2 Å². The number of hydrogen-bond donors (Lipinski definition) is 2. The molecule has 2 aliphatic rings. The molecule has 2 N–H and O–H groups in total. The molecule has 1 aliphatic carbocycles. The van der Waals surface area contributed by atoms with Crippen molar-refractivity contribution in [1.29, 1.82) is 0 Å². The van der Waals surface area contributed by atoms with E-state index in [4.69, 9.17) is 0 Å². The van der Waals surface area contributed by atoms with Crippen molar-refractivity contribution in [2.24, 2.45) is 0 Å². The van der Waals surface area contributed by atoms with Gasteiger partial charge in [-0.05, 0) is 44.6 Å². The number of aromatic nitrogens is 2. The molecule has 0 spiro atoms. The van der Waals surface area contributed by atoms with Crippen molar-refractivity contribution >= 4 is 33.3 Å². The summed E-state index contributed by atoms with van der Waals surface area (Å²) in [5, 5.41) is 7.44. The molecule has 0 aromatic carbocycles. The minimum Gasteiger partial charge on any atom is -0.358 e. The first-order chi connectivity index (χ1) is 10.2. The summed E-state index contributed by atoms with van der Waals surface area (Å²) in [7, 11) is 0. The predicted molar refractivity (Wildman–Crippen MR) is 83.8 cm³/mol. The molecule has 5 nitrogen and oxygen atoms in total. The Labute approximate surface area is 127 Å². The first-order valence-electron chi connectivity index (χ1n) is 7.55. The van der Waals surface area contributed by atoms with Crippen LogP contribution in [0.3, 0.4) is 0 Å². The topological polar surface area (TPSA) is 66.9 Å². The second-order valence-corrected chi connectivity index (χ2v) is 6.87. The monoisotopic (exact) mass is 302 g/mol. The molecule has 1 fully saturated rings. The Hall–Kier alpha value is -1.69. The number of hydrogen-bond acceptors (Lipinski definition) is 5. The molecule has 1 saturated heterocycles. The third-order valence-corrected chi connectivity index (χ3v) is 5.46. The van der Waals surface area contributed by atoms with Crippen LogP contribution in [0.15, 0.2) is 0 Å².